The maximum Gasteiger partial charge on any atom is 0.251 e. The van der Waals surface area contributed by atoms with Crippen LogP contribution in [0.2, 0.25) is 0 Å². The van der Waals surface area contributed by atoms with Gasteiger partial charge in [0.25, 0.3) is 5.91 Å². The highest BCUT2D eigenvalue weighted by Gasteiger charge is 2.29. The van der Waals surface area contributed by atoms with E-state index in [4.69, 9.17) is 4.74 Å². The highest BCUT2D eigenvalue weighted by Crippen LogP contribution is 2.50. The van der Waals surface area contributed by atoms with Crippen LogP contribution in [0.25, 0.3) is 0 Å². The Morgan fingerprint density at radius 2 is 1.71 bits per heavy atom. The van der Waals surface area contributed by atoms with Crippen molar-refractivity contribution >= 4 is 54.2 Å². The Balaban J connectivity index is 1.54. The number of nitrogens with one attached hydrogen (secondary N) is 2. The van der Waals surface area contributed by atoms with E-state index in [1.807, 2.05) is 62.4 Å². The Hall–Kier alpha value is -2.12. The fourth-order valence-electron chi connectivity index (χ4n) is 4.93. The van der Waals surface area contributed by atoms with Crippen molar-refractivity contribution < 1.29 is 23.7 Å². The fraction of sp³-hybridized carbons (Fsp3) is 0.387. The molecule has 2 atom stereocenters. The van der Waals surface area contributed by atoms with Gasteiger partial charge < -0.3 is 20.5 Å². The molecule has 1 saturated heterocycles. The van der Waals surface area contributed by atoms with Gasteiger partial charge in [0.05, 0.1) is 29.7 Å². The molecule has 2 unspecified atom stereocenters. The van der Waals surface area contributed by atoms with Crippen molar-refractivity contribution in [1.82, 2.24) is 10.6 Å². The Labute approximate surface area is 266 Å². The Morgan fingerprint density at radius 1 is 1.00 bits per heavy atom. The first kappa shape index (κ1) is 32.8. The van der Waals surface area contributed by atoms with Crippen LogP contribution in [0.1, 0.15) is 48.2 Å². The van der Waals surface area contributed by atoms with E-state index in [2.05, 4.69) is 42.5 Å². The van der Waals surface area contributed by atoms with Crippen LogP contribution in [0.4, 0.5) is 5.69 Å². The Bertz CT molecular complexity index is 1330. The van der Waals surface area contributed by atoms with Gasteiger partial charge in [0.1, 0.15) is 5.75 Å². The van der Waals surface area contributed by atoms with Gasteiger partial charge in [-0.2, -0.15) is 0 Å². The first-order valence-electron chi connectivity index (χ1n) is 14.0. The molecule has 3 aromatic rings. The second-order valence-corrected chi connectivity index (χ2v) is 14.7. The summed E-state index contributed by atoms with van der Waals surface area (Å²) >= 11 is 7.01. The SMILES string of the molecule is CC(C)Oc1cc(C(=O)NC(Cc2ccccc2)C(O)CNCc2cc(Br)cc(Br)c2)cc(N2CCCCS2(O)O)c1. The molecule has 11 heteroatoms. The number of carbonyl (C=O) groups excluding carboxylic acids is 1. The lowest BCUT2D eigenvalue weighted by Crippen LogP contribution is -2.48. The molecule has 0 saturated carbocycles. The Morgan fingerprint density at radius 3 is 2.38 bits per heavy atom. The van der Waals surface area contributed by atoms with Crippen molar-refractivity contribution in [2.75, 3.05) is 23.1 Å². The largest absolute Gasteiger partial charge is 0.491 e. The number of amides is 1. The van der Waals surface area contributed by atoms with Crippen LogP contribution < -0.4 is 19.7 Å². The summed E-state index contributed by atoms with van der Waals surface area (Å²) in [4.78, 5) is 13.7. The minimum atomic E-state index is -2.99. The maximum absolute atomic E-state index is 13.7. The van der Waals surface area contributed by atoms with Crippen LogP contribution in [0.5, 0.6) is 5.75 Å². The van der Waals surface area contributed by atoms with E-state index in [-0.39, 0.29) is 18.6 Å². The zero-order valence-electron chi connectivity index (χ0n) is 23.8. The lowest BCUT2D eigenvalue weighted by Gasteiger charge is -2.47. The second-order valence-electron chi connectivity index (χ2n) is 10.8. The van der Waals surface area contributed by atoms with Crippen molar-refractivity contribution in [3.8, 4) is 5.75 Å². The summed E-state index contributed by atoms with van der Waals surface area (Å²) in [6.45, 7) is 5.07. The zero-order chi connectivity index (χ0) is 30.3. The molecule has 4 rings (SSSR count). The third kappa shape index (κ3) is 9.44. The molecule has 0 aromatic heterocycles. The first-order chi connectivity index (χ1) is 20.0. The quantitative estimate of drug-likeness (QED) is 0.140. The number of rotatable bonds is 12. The molecule has 42 heavy (non-hydrogen) atoms. The van der Waals surface area contributed by atoms with E-state index in [1.165, 1.54) is 0 Å². The van der Waals surface area contributed by atoms with Crippen molar-refractivity contribution in [3.63, 3.8) is 0 Å². The number of hydrogen-bond acceptors (Lipinski definition) is 7. The molecule has 0 bridgehead atoms. The molecule has 5 N–H and O–H groups in total. The van der Waals surface area contributed by atoms with Gasteiger partial charge in [-0.1, -0.05) is 62.2 Å². The number of nitrogens with zero attached hydrogens (tertiary/aromatic N) is 1. The van der Waals surface area contributed by atoms with Crippen molar-refractivity contribution in [2.45, 2.75) is 57.9 Å². The number of anilines is 1. The normalized spacial score (nSPS) is 17.0. The van der Waals surface area contributed by atoms with Crippen molar-refractivity contribution in [1.29, 1.82) is 0 Å². The van der Waals surface area contributed by atoms with E-state index in [1.54, 1.807) is 22.5 Å². The van der Waals surface area contributed by atoms with Crippen LogP contribution in [-0.2, 0) is 13.0 Å². The molecule has 1 aliphatic heterocycles. The maximum atomic E-state index is 13.7. The average Bonchev–Trinajstić information content (AvgIpc) is 2.92. The standard InChI is InChI=1S/C31H39Br2N3O5S/c1-21(2)41-28-16-24(15-27(18-28)36-10-6-7-11-42(36,39)40)31(38)35-29(14-22-8-4-3-5-9-22)30(37)20-34-19-23-12-25(32)17-26(33)13-23/h3-5,8-9,12-13,15-18,21,29-30,34,37,39-40H,6-7,10-11,14,19-20H2,1-2H3,(H,35,38). The molecule has 1 heterocycles. The third-order valence-corrected chi connectivity index (χ3v) is 9.73. The van der Waals surface area contributed by atoms with E-state index >= 15 is 0 Å². The van der Waals surface area contributed by atoms with Crippen molar-refractivity contribution in [3.05, 3.63) is 92.4 Å². The molecule has 1 amide bonds. The lowest BCUT2D eigenvalue weighted by atomic mass is 10.00. The van der Waals surface area contributed by atoms with Crippen LogP contribution in [0.15, 0.2) is 75.7 Å². The smallest absolute Gasteiger partial charge is 0.251 e. The van der Waals surface area contributed by atoms with Gasteiger partial charge in [-0.25, -0.2) is 0 Å². The van der Waals surface area contributed by atoms with E-state index in [9.17, 15) is 19.0 Å². The number of hydrogen-bond donors (Lipinski definition) is 5. The fourth-order valence-corrected chi connectivity index (χ4v) is 7.99. The van der Waals surface area contributed by atoms with Crippen molar-refractivity contribution in [2.24, 2.45) is 0 Å². The number of carbonyl (C=O) groups is 1. The summed E-state index contributed by atoms with van der Waals surface area (Å²) in [5.41, 5.74) is 2.88. The van der Waals surface area contributed by atoms with Gasteiger partial charge >= 0.3 is 0 Å². The highest BCUT2D eigenvalue weighted by molar-refractivity contribution is 9.11. The second kappa shape index (κ2) is 15.1. The number of benzene rings is 3. The van der Waals surface area contributed by atoms with E-state index in [0.717, 1.165) is 32.9 Å². The molecule has 1 fully saturated rings. The van der Waals surface area contributed by atoms with Gasteiger partial charge in [0.15, 0.2) is 0 Å². The average molecular weight is 726 g/mol. The molecule has 8 nitrogen and oxygen atoms in total. The molecule has 3 aromatic carbocycles. The number of halogens is 2. The van der Waals surface area contributed by atoms with Crippen LogP contribution in [0, 0.1) is 0 Å². The van der Waals surface area contributed by atoms with Crippen LogP contribution >= 0.6 is 42.6 Å². The molecular weight excluding hydrogens is 686 g/mol. The van der Waals surface area contributed by atoms with Gasteiger partial charge in [-0.15, -0.1) is 10.8 Å². The van der Waals surface area contributed by atoms with E-state index < -0.39 is 22.9 Å². The predicted octanol–water partition coefficient (Wildman–Crippen LogP) is 6.76. The summed E-state index contributed by atoms with van der Waals surface area (Å²) in [5, 5.41) is 17.6. The first-order valence-corrected chi connectivity index (χ1v) is 17.3. The third-order valence-electron chi connectivity index (χ3n) is 6.88. The topological polar surface area (TPSA) is 114 Å². The van der Waals surface area contributed by atoms with Gasteiger partial charge in [-0.05, 0) is 74.6 Å². The minimum absolute atomic E-state index is 0.137. The molecule has 0 radical (unpaired) electrons. The molecular formula is C31H39Br2N3O5S. The predicted molar refractivity (Wildman–Crippen MR) is 177 cm³/mol. The Kier molecular flexibility index (Phi) is 11.8. The number of aliphatic hydroxyl groups is 1. The molecule has 0 aliphatic carbocycles. The van der Waals surface area contributed by atoms with Crippen LogP contribution in [0.3, 0.4) is 0 Å². The van der Waals surface area contributed by atoms with Gasteiger partial charge in [0, 0.05) is 40.2 Å². The minimum Gasteiger partial charge on any atom is -0.491 e. The summed E-state index contributed by atoms with van der Waals surface area (Å²) < 4.78 is 30.9. The lowest BCUT2D eigenvalue weighted by molar-refractivity contribution is 0.0829. The van der Waals surface area contributed by atoms with E-state index in [0.29, 0.717) is 42.3 Å². The zero-order valence-corrected chi connectivity index (χ0v) is 27.8. The molecule has 0 spiro atoms. The number of aliphatic hydroxyl groups excluding tert-OH is 1. The monoisotopic (exact) mass is 723 g/mol. The summed E-state index contributed by atoms with van der Waals surface area (Å²) in [6, 6.07) is 20.2. The summed E-state index contributed by atoms with van der Waals surface area (Å²) in [7, 11) is -2.99. The van der Waals surface area contributed by atoms with Crippen LogP contribution in [-0.4, -0.2) is 57.2 Å². The molecule has 1 aliphatic rings. The van der Waals surface area contributed by atoms with Gasteiger partial charge in [0.2, 0.25) is 0 Å². The van der Waals surface area contributed by atoms with Gasteiger partial charge in [-0.3, -0.25) is 18.2 Å². The summed E-state index contributed by atoms with van der Waals surface area (Å²) in [5.74, 6) is 0.379. The highest BCUT2D eigenvalue weighted by atomic mass is 79.9. The molecule has 228 valence electrons. The number of ether oxygens (including phenoxy) is 1. The summed E-state index contributed by atoms with van der Waals surface area (Å²) in [6.07, 6.45) is 0.970.